The van der Waals surface area contributed by atoms with Gasteiger partial charge in [0.05, 0.1) is 6.42 Å². The fraction of sp³-hybridized carbons (Fsp3) is 0.333. The topological polar surface area (TPSA) is 12.0 Å². The Balaban J connectivity index is 2.35. The van der Waals surface area contributed by atoms with Gasteiger partial charge in [-0.15, -0.1) is 0 Å². The predicted octanol–water partition coefficient (Wildman–Crippen LogP) is 3.66. The van der Waals surface area contributed by atoms with Crippen LogP contribution in [0.25, 0.3) is 0 Å². The van der Waals surface area contributed by atoms with Gasteiger partial charge < -0.3 is 5.32 Å². The molecular formula is C9H9F3IN. The second-order valence-electron chi connectivity index (χ2n) is 2.80. The maximum absolute atomic E-state index is 11.8. The predicted molar refractivity (Wildman–Crippen MR) is 58.3 cm³/mol. The summed E-state index contributed by atoms with van der Waals surface area (Å²) in [4.78, 5) is 0. The van der Waals surface area contributed by atoms with Crippen LogP contribution in [0, 0.1) is 3.57 Å². The lowest BCUT2D eigenvalue weighted by atomic mass is 10.3. The molecule has 0 amide bonds. The van der Waals surface area contributed by atoms with E-state index in [1.807, 2.05) is 12.1 Å². The number of anilines is 1. The minimum atomic E-state index is -4.09. The number of benzene rings is 1. The molecule has 0 aliphatic heterocycles. The smallest absolute Gasteiger partial charge is 0.385 e. The van der Waals surface area contributed by atoms with Crippen LogP contribution in [0.4, 0.5) is 18.9 Å². The molecule has 0 aromatic heterocycles. The van der Waals surface area contributed by atoms with Gasteiger partial charge in [0.1, 0.15) is 0 Å². The minimum Gasteiger partial charge on any atom is -0.385 e. The van der Waals surface area contributed by atoms with Crippen molar-refractivity contribution < 1.29 is 13.2 Å². The number of alkyl halides is 3. The van der Waals surface area contributed by atoms with Crippen LogP contribution < -0.4 is 5.32 Å². The van der Waals surface area contributed by atoms with Crippen LogP contribution in [-0.2, 0) is 0 Å². The zero-order valence-electron chi connectivity index (χ0n) is 7.24. The number of hydrogen-bond donors (Lipinski definition) is 1. The first-order valence-electron chi connectivity index (χ1n) is 4.03. The van der Waals surface area contributed by atoms with Gasteiger partial charge in [-0.2, -0.15) is 13.2 Å². The summed E-state index contributed by atoms with van der Waals surface area (Å²) in [5.74, 6) is 0. The van der Waals surface area contributed by atoms with E-state index in [1.165, 1.54) is 0 Å². The largest absolute Gasteiger partial charge is 0.390 e. The first-order valence-corrected chi connectivity index (χ1v) is 5.11. The Hall–Kier alpha value is -0.460. The van der Waals surface area contributed by atoms with Crippen LogP contribution in [0.15, 0.2) is 24.3 Å². The normalized spacial score (nSPS) is 11.4. The van der Waals surface area contributed by atoms with Crippen molar-refractivity contribution in [3.8, 4) is 0 Å². The second-order valence-corrected chi connectivity index (χ2v) is 4.04. The highest BCUT2D eigenvalue weighted by atomic mass is 127. The lowest BCUT2D eigenvalue weighted by Crippen LogP contribution is -2.14. The highest BCUT2D eigenvalue weighted by molar-refractivity contribution is 14.1. The monoisotopic (exact) mass is 315 g/mol. The Morgan fingerprint density at radius 1 is 1.14 bits per heavy atom. The number of rotatable bonds is 3. The molecule has 0 aliphatic rings. The molecule has 78 valence electrons. The first kappa shape index (κ1) is 11.6. The zero-order chi connectivity index (χ0) is 10.6. The summed E-state index contributed by atoms with van der Waals surface area (Å²) in [5.41, 5.74) is 0.717. The fourth-order valence-electron chi connectivity index (χ4n) is 0.916. The standard InChI is InChI=1S/C9H9F3IN/c10-9(11,12)5-6-14-8-3-1-7(13)2-4-8/h1-4,14H,5-6H2. The van der Waals surface area contributed by atoms with E-state index in [2.05, 4.69) is 27.9 Å². The Bertz CT molecular complexity index is 281. The molecule has 1 N–H and O–H groups in total. The average Bonchev–Trinajstić information content (AvgIpc) is 2.06. The average molecular weight is 315 g/mol. The van der Waals surface area contributed by atoms with E-state index in [1.54, 1.807) is 12.1 Å². The fourth-order valence-corrected chi connectivity index (χ4v) is 1.28. The molecule has 1 nitrogen and oxygen atoms in total. The van der Waals surface area contributed by atoms with Crippen molar-refractivity contribution >= 4 is 28.3 Å². The third kappa shape index (κ3) is 4.69. The van der Waals surface area contributed by atoms with Gasteiger partial charge in [0.2, 0.25) is 0 Å². The van der Waals surface area contributed by atoms with E-state index in [9.17, 15) is 13.2 Å². The molecular weight excluding hydrogens is 306 g/mol. The molecule has 0 heterocycles. The van der Waals surface area contributed by atoms with Gasteiger partial charge >= 0.3 is 6.18 Å². The molecule has 1 aromatic rings. The molecule has 0 fully saturated rings. The molecule has 0 saturated carbocycles. The SMILES string of the molecule is FC(F)(F)CCNc1ccc(I)cc1. The zero-order valence-corrected chi connectivity index (χ0v) is 9.39. The maximum atomic E-state index is 11.8. The van der Waals surface area contributed by atoms with Gasteiger partial charge in [-0.1, -0.05) is 0 Å². The van der Waals surface area contributed by atoms with Crippen LogP contribution in [0.1, 0.15) is 6.42 Å². The van der Waals surface area contributed by atoms with Crippen LogP contribution in [-0.4, -0.2) is 12.7 Å². The summed E-state index contributed by atoms with van der Waals surface area (Å²) in [7, 11) is 0. The summed E-state index contributed by atoms with van der Waals surface area (Å²) < 4.78 is 36.4. The summed E-state index contributed by atoms with van der Waals surface area (Å²) in [5, 5.41) is 2.71. The van der Waals surface area contributed by atoms with E-state index in [0.717, 1.165) is 9.26 Å². The highest BCUT2D eigenvalue weighted by Gasteiger charge is 2.25. The molecule has 5 heteroatoms. The van der Waals surface area contributed by atoms with Crippen LogP contribution in [0.2, 0.25) is 0 Å². The van der Waals surface area contributed by atoms with Crippen LogP contribution in [0.3, 0.4) is 0 Å². The molecule has 0 spiro atoms. The van der Waals surface area contributed by atoms with E-state index >= 15 is 0 Å². The van der Waals surface area contributed by atoms with E-state index in [-0.39, 0.29) is 6.54 Å². The maximum Gasteiger partial charge on any atom is 0.390 e. The number of hydrogen-bond acceptors (Lipinski definition) is 1. The summed E-state index contributed by atoms with van der Waals surface area (Å²) in [6.45, 7) is -0.0793. The molecule has 0 bridgehead atoms. The third-order valence-corrected chi connectivity index (χ3v) is 2.30. The van der Waals surface area contributed by atoms with Crippen LogP contribution >= 0.6 is 22.6 Å². The van der Waals surface area contributed by atoms with Gasteiger partial charge in [0, 0.05) is 15.8 Å². The lowest BCUT2D eigenvalue weighted by molar-refractivity contribution is -0.131. The Labute approximate surface area is 93.8 Å². The van der Waals surface area contributed by atoms with E-state index < -0.39 is 12.6 Å². The number of nitrogens with one attached hydrogen (secondary N) is 1. The molecule has 14 heavy (non-hydrogen) atoms. The van der Waals surface area contributed by atoms with Gasteiger partial charge in [-0.3, -0.25) is 0 Å². The first-order chi connectivity index (χ1) is 6.47. The van der Waals surface area contributed by atoms with Gasteiger partial charge in [-0.05, 0) is 46.9 Å². The molecule has 1 rings (SSSR count). The highest BCUT2D eigenvalue weighted by Crippen LogP contribution is 2.19. The number of halogens is 4. The third-order valence-electron chi connectivity index (χ3n) is 1.58. The van der Waals surface area contributed by atoms with Gasteiger partial charge in [0.25, 0.3) is 0 Å². The van der Waals surface area contributed by atoms with Gasteiger partial charge in [0.15, 0.2) is 0 Å². The minimum absolute atomic E-state index is 0.0793. The molecule has 1 aromatic carbocycles. The van der Waals surface area contributed by atoms with Crippen molar-refractivity contribution in [2.75, 3.05) is 11.9 Å². The lowest BCUT2D eigenvalue weighted by Gasteiger charge is -2.08. The molecule has 0 radical (unpaired) electrons. The second kappa shape index (κ2) is 4.86. The van der Waals surface area contributed by atoms with Crippen molar-refractivity contribution in [2.24, 2.45) is 0 Å². The van der Waals surface area contributed by atoms with Crippen LogP contribution in [0.5, 0.6) is 0 Å². The molecule has 0 saturated heterocycles. The van der Waals surface area contributed by atoms with E-state index in [0.29, 0.717) is 0 Å². The van der Waals surface area contributed by atoms with E-state index in [4.69, 9.17) is 0 Å². The summed E-state index contributed by atoms with van der Waals surface area (Å²) in [6.07, 6.45) is -4.89. The Kier molecular flexibility index (Phi) is 4.03. The molecule has 0 unspecified atom stereocenters. The summed E-state index contributed by atoms with van der Waals surface area (Å²) in [6, 6.07) is 7.21. The van der Waals surface area contributed by atoms with Crippen molar-refractivity contribution in [1.82, 2.24) is 0 Å². The Morgan fingerprint density at radius 2 is 1.71 bits per heavy atom. The summed E-state index contributed by atoms with van der Waals surface area (Å²) >= 11 is 2.14. The Morgan fingerprint density at radius 3 is 2.21 bits per heavy atom. The quantitative estimate of drug-likeness (QED) is 0.840. The van der Waals surface area contributed by atoms with Crippen molar-refractivity contribution in [3.05, 3.63) is 27.8 Å². The molecule has 0 atom stereocenters. The van der Waals surface area contributed by atoms with Gasteiger partial charge in [-0.25, -0.2) is 0 Å². The molecule has 0 aliphatic carbocycles. The van der Waals surface area contributed by atoms with Crippen molar-refractivity contribution in [3.63, 3.8) is 0 Å². The van der Waals surface area contributed by atoms with Crippen molar-refractivity contribution in [2.45, 2.75) is 12.6 Å². The van der Waals surface area contributed by atoms with Crippen molar-refractivity contribution in [1.29, 1.82) is 0 Å².